The quantitative estimate of drug-likeness (QED) is 0.319. The third kappa shape index (κ3) is 7.24. The molecule has 0 heterocycles. The molecule has 10 heavy (non-hydrogen) atoms. The summed E-state index contributed by atoms with van der Waals surface area (Å²) in [5.41, 5.74) is 0. The molecule has 0 N–H and O–H groups in total. The summed E-state index contributed by atoms with van der Waals surface area (Å²) >= 11 is 0. The van der Waals surface area contributed by atoms with Crippen LogP contribution in [0.25, 0.3) is 0 Å². The molecule has 0 aliphatic heterocycles. The van der Waals surface area contributed by atoms with Crippen LogP contribution in [0.1, 0.15) is 6.92 Å². The van der Waals surface area contributed by atoms with E-state index in [1.54, 1.807) is 0 Å². The van der Waals surface area contributed by atoms with Crippen LogP contribution in [-0.2, 0) is 9.47 Å². The van der Waals surface area contributed by atoms with Gasteiger partial charge >= 0.3 is 0 Å². The highest BCUT2D eigenvalue weighted by Crippen LogP contribution is 1.79. The van der Waals surface area contributed by atoms with Gasteiger partial charge in [0.2, 0.25) is 0 Å². The summed E-state index contributed by atoms with van der Waals surface area (Å²) in [6.45, 7) is 7.37. The molecule has 0 atom stereocenters. The molecule has 0 spiro atoms. The standard InChI is InChI=1S/C8H14O2/c1-3-9-7-5-6-8-10-4-2/h3,5-6H,1,4,7-8H2,2H3/b6-5-. The second-order valence-electron chi connectivity index (χ2n) is 1.63. The van der Waals surface area contributed by atoms with Crippen molar-refractivity contribution in [3.05, 3.63) is 25.0 Å². The van der Waals surface area contributed by atoms with E-state index in [2.05, 4.69) is 6.58 Å². The molecule has 2 heteroatoms. The first-order chi connectivity index (χ1) is 4.91. The molecule has 0 aliphatic rings. The maximum absolute atomic E-state index is 5.05. The third-order valence-electron chi connectivity index (χ3n) is 0.895. The average molecular weight is 142 g/mol. The van der Waals surface area contributed by atoms with Crippen LogP contribution in [0.4, 0.5) is 0 Å². The molecular formula is C8H14O2. The van der Waals surface area contributed by atoms with Crippen molar-refractivity contribution < 1.29 is 9.47 Å². The Morgan fingerprint density at radius 1 is 1.30 bits per heavy atom. The van der Waals surface area contributed by atoms with Crippen molar-refractivity contribution in [3.8, 4) is 0 Å². The van der Waals surface area contributed by atoms with Crippen molar-refractivity contribution >= 4 is 0 Å². The average Bonchev–Trinajstić information content (AvgIpc) is 1.97. The molecule has 0 saturated heterocycles. The lowest BCUT2D eigenvalue weighted by atomic mass is 10.5. The van der Waals surface area contributed by atoms with Crippen LogP contribution < -0.4 is 0 Å². The van der Waals surface area contributed by atoms with Gasteiger partial charge in [-0.2, -0.15) is 0 Å². The van der Waals surface area contributed by atoms with Crippen LogP contribution in [0.15, 0.2) is 25.0 Å². The smallest absolute Gasteiger partial charge is 0.106 e. The molecule has 0 aromatic rings. The Morgan fingerprint density at radius 3 is 2.60 bits per heavy atom. The Kier molecular flexibility index (Phi) is 7.61. The van der Waals surface area contributed by atoms with Crippen LogP contribution in [0, 0.1) is 0 Å². The second kappa shape index (κ2) is 8.24. The van der Waals surface area contributed by atoms with E-state index in [4.69, 9.17) is 9.47 Å². The molecule has 0 bridgehead atoms. The molecule has 0 saturated carbocycles. The minimum atomic E-state index is 0.580. The van der Waals surface area contributed by atoms with Crippen molar-refractivity contribution in [2.75, 3.05) is 19.8 Å². The number of hydrogen-bond acceptors (Lipinski definition) is 2. The van der Waals surface area contributed by atoms with Crippen molar-refractivity contribution in [1.82, 2.24) is 0 Å². The van der Waals surface area contributed by atoms with Crippen LogP contribution >= 0.6 is 0 Å². The lowest BCUT2D eigenvalue weighted by Crippen LogP contribution is -1.89. The first-order valence-electron chi connectivity index (χ1n) is 3.37. The summed E-state index contributed by atoms with van der Waals surface area (Å²) < 4.78 is 9.88. The van der Waals surface area contributed by atoms with Crippen LogP contribution in [0.3, 0.4) is 0 Å². The van der Waals surface area contributed by atoms with Crippen molar-refractivity contribution in [1.29, 1.82) is 0 Å². The fraction of sp³-hybridized carbons (Fsp3) is 0.500. The van der Waals surface area contributed by atoms with E-state index in [0.717, 1.165) is 6.61 Å². The van der Waals surface area contributed by atoms with Crippen LogP contribution in [0.5, 0.6) is 0 Å². The Bertz CT molecular complexity index is 97.4. The molecule has 0 fully saturated rings. The van der Waals surface area contributed by atoms with Gasteiger partial charge in [0, 0.05) is 6.61 Å². The summed E-state index contributed by atoms with van der Waals surface area (Å²) in [6.07, 6.45) is 5.25. The van der Waals surface area contributed by atoms with Gasteiger partial charge in [-0.1, -0.05) is 12.7 Å². The van der Waals surface area contributed by atoms with E-state index in [-0.39, 0.29) is 0 Å². The summed E-state index contributed by atoms with van der Waals surface area (Å²) in [4.78, 5) is 0. The molecular weight excluding hydrogens is 128 g/mol. The molecule has 0 radical (unpaired) electrons. The van der Waals surface area contributed by atoms with Gasteiger partial charge in [-0.05, 0) is 13.0 Å². The molecule has 0 aromatic carbocycles. The maximum atomic E-state index is 5.05. The Morgan fingerprint density at radius 2 is 2.00 bits per heavy atom. The fourth-order valence-corrected chi connectivity index (χ4v) is 0.446. The zero-order valence-electron chi connectivity index (χ0n) is 6.38. The van der Waals surface area contributed by atoms with Gasteiger partial charge in [0.15, 0.2) is 0 Å². The first-order valence-corrected chi connectivity index (χ1v) is 3.37. The van der Waals surface area contributed by atoms with E-state index in [0.29, 0.717) is 13.2 Å². The van der Waals surface area contributed by atoms with Crippen LogP contribution in [-0.4, -0.2) is 19.8 Å². The van der Waals surface area contributed by atoms with Crippen molar-refractivity contribution in [2.45, 2.75) is 6.92 Å². The van der Waals surface area contributed by atoms with Crippen molar-refractivity contribution in [2.24, 2.45) is 0 Å². The van der Waals surface area contributed by atoms with Gasteiger partial charge in [0.1, 0.15) is 6.61 Å². The minimum Gasteiger partial charge on any atom is -0.498 e. The SMILES string of the molecule is C=COC/C=C\COCC. The highest BCUT2D eigenvalue weighted by molar-refractivity contribution is 4.81. The topological polar surface area (TPSA) is 18.5 Å². The van der Waals surface area contributed by atoms with E-state index in [1.165, 1.54) is 6.26 Å². The molecule has 58 valence electrons. The molecule has 0 aromatic heterocycles. The minimum absolute atomic E-state index is 0.580. The van der Waals surface area contributed by atoms with E-state index in [1.807, 2.05) is 19.1 Å². The van der Waals surface area contributed by atoms with Gasteiger partial charge in [-0.15, -0.1) is 0 Å². The molecule has 2 nitrogen and oxygen atoms in total. The molecule has 0 rings (SSSR count). The Labute approximate surface area is 62.1 Å². The van der Waals surface area contributed by atoms with Gasteiger partial charge < -0.3 is 9.47 Å². The summed E-state index contributed by atoms with van der Waals surface area (Å²) in [6, 6.07) is 0. The maximum Gasteiger partial charge on any atom is 0.106 e. The predicted molar refractivity (Wildman–Crippen MR) is 41.8 cm³/mol. The third-order valence-corrected chi connectivity index (χ3v) is 0.895. The largest absolute Gasteiger partial charge is 0.498 e. The first kappa shape index (κ1) is 9.24. The number of ether oxygens (including phenoxy) is 2. The van der Waals surface area contributed by atoms with Gasteiger partial charge in [-0.25, -0.2) is 0 Å². The Hall–Kier alpha value is -0.760. The second-order valence-corrected chi connectivity index (χ2v) is 1.63. The number of rotatable bonds is 6. The lowest BCUT2D eigenvalue weighted by molar-refractivity contribution is 0.177. The summed E-state index contributed by atoms with van der Waals surface area (Å²) in [5.74, 6) is 0. The number of hydrogen-bond donors (Lipinski definition) is 0. The highest BCUT2D eigenvalue weighted by Gasteiger charge is 1.75. The zero-order valence-corrected chi connectivity index (χ0v) is 6.38. The summed E-state index contributed by atoms with van der Waals surface area (Å²) in [7, 11) is 0. The Balaban J connectivity index is 2.96. The monoisotopic (exact) mass is 142 g/mol. The summed E-state index contributed by atoms with van der Waals surface area (Å²) in [5, 5.41) is 0. The zero-order chi connectivity index (χ0) is 7.66. The van der Waals surface area contributed by atoms with E-state index < -0.39 is 0 Å². The van der Waals surface area contributed by atoms with Gasteiger partial charge in [0.25, 0.3) is 0 Å². The normalized spacial score (nSPS) is 10.1. The fourth-order valence-electron chi connectivity index (χ4n) is 0.446. The van der Waals surface area contributed by atoms with Crippen molar-refractivity contribution in [3.63, 3.8) is 0 Å². The molecule has 0 aliphatic carbocycles. The predicted octanol–water partition coefficient (Wildman–Crippen LogP) is 1.74. The highest BCUT2D eigenvalue weighted by atomic mass is 16.5. The van der Waals surface area contributed by atoms with Gasteiger partial charge in [-0.3, -0.25) is 0 Å². The van der Waals surface area contributed by atoms with Gasteiger partial charge in [0.05, 0.1) is 12.9 Å². The molecule has 0 unspecified atom stereocenters. The van der Waals surface area contributed by atoms with Crippen LogP contribution in [0.2, 0.25) is 0 Å². The lowest BCUT2D eigenvalue weighted by Gasteiger charge is -1.93. The molecule has 0 amide bonds. The van der Waals surface area contributed by atoms with E-state index >= 15 is 0 Å². The van der Waals surface area contributed by atoms with E-state index in [9.17, 15) is 0 Å².